The van der Waals surface area contributed by atoms with Gasteiger partial charge < -0.3 is 9.55 Å². The number of aromatic nitrogens is 5. The minimum atomic E-state index is -0.308. The third kappa shape index (κ3) is 2.59. The fourth-order valence-electron chi connectivity index (χ4n) is 3.01. The van der Waals surface area contributed by atoms with Crippen molar-refractivity contribution in [2.45, 2.75) is 19.9 Å². The normalized spacial score (nSPS) is 12.6. The highest BCUT2D eigenvalue weighted by Gasteiger charge is 2.18. The van der Waals surface area contributed by atoms with Gasteiger partial charge in [0.2, 0.25) is 0 Å². The van der Waals surface area contributed by atoms with Gasteiger partial charge in [-0.2, -0.15) is 0 Å². The van der Waals surface area contributed by atoms with Crippen molar-refractivity contribution in [3.05, 3.63) is 65.2 Å². The minimum Gasteiger partial charge on any atom is -0.340 e. The smallest absolute Gasteiger partial charge is 0.145 e. The molecule has 7 heteroatoms. The Bertz CT molecular complexity index is 1070. The molecule has 1 unspecified atom stereocenters. The first-order valence-corrected chi connectivity index (χ1v) is 8.21. The number of rotatable bonds is 3. The van der Waals surface area contributed by atoms with Crippen molar-refractivity contribution in [1.82, 2.24) is 24.5 Å². The van der Waals surface area contributed by atoms with E-state index in [-0.39, 0.29) is 11.9 Å². The van der Waals surface area contributed by atoms with Crippen LogP contribution in [-0.4, -0.2) is 24.5 Å². The zero-order valence-electron chi connectivity index (χ0n) is 13.7. The molecule has 3 aromatic heterocycles. The van der Waals surface area contributed by atoms with Gasteiger partial charge in [0.25, 0.3) is 0 Å². The van der Waals surface area contributed by atoms with Gasteiger partial charge in [-0.05, 0) is 31.5 Å². The lowest BCUT2D eigenvalue weighted by Gasteiger charge is -2.12. The summed E-state index contributed by atoms with van der Waals surface area (Å²) in [5, 5.41) is 1.27. The summed E-state index contributed by atoms with van der Waals surface area (Å²) >= 11 is 6.20. The Kier molecular flexibility index (Phi) is 3.77. The second kappa shape index (κ2) is 5.97. The maximum absolute atomic E-state index is 14.0. The fraction of sp³-hybridized carbons (Fsp3) is 0.167. The van der Waals surface area contributed by atoms with Gasteiger partial charge >= 0.3 is 0 Å². The fourth-order valence-corrected chi connectivity index (χ4v) is 3.28. The number of hydrogen-bond donors (Lipinski definition) is 1. The van der Waals surface area contributed by atoms with Crippen molar-refractivity contribution in [1.29, 1.82) is 0 Å². The summed E-state index contributed by atoms with van der Waals surface area (Å²) in [7, 11) is 0. The first-order valence-electron chi connectivity index (χ1n) is 7.83. The van der Waals surface area contributed by atoms with Crippen LogP contribution in [0, 0.1) is 12.7 Å². The van der Waals surface area contributed by atoms with Gasteiger partial charge in [0.1, 0.15) is 28.8 Å². The van der Waals surface area contributed by atoms with Crippen LogP contribution >= 0.6 is 11.6 Å². The Morgan fingerprint density at radius 3 is 2.80 bits per heavy atom. The summed E-state index contributed by atoms with van der Waals surface area (Å²) in [6.45, 7) is 3.99. The Labute approximate surface area is 148 Å². The standard InChI is InChI=1S/C18H15ClFN5/c1-10-8-25(18-15(10)16(19)22-9-23-18)11(2)14-7-21-17(24-14)12-5-3-4-6-13(12)20/h3-9,11H,1-2H3,(H,21,24). The number of H-pyrrole nitrogens is 1. The number of aromatic amines is 1. The summed E-state index contributed by atoms with van der Waals surface area (Å²) in [4.78, 5) is 15.9. The van der Waals surface area contributed by atoms with Gasteiger partial charge in [-0.1, -0.05) is 23.7 Å². The molecule has 0 aliphatic rings. The predicted octanol–water partition coefficient (Wildman–Crippen LogP) is 4.53. The van der Waals surface area contributed by atoms with Crippen LogP contribution in [0.1, 0.15) is 24.2 Å². The van der Waals surface area contributed by atoms with E-state index in [1.54, 1.807) is 24.4 Å². The second-order valence-electron chi connectivity index (χ2n) is 5.93. The largest absolute Gasteiger partial charge is 0.340 e. The molecule has 126 valence electrons. The molecular weight excluding hydrogens is 341 g/mol. The van der Waals surface area contributed by atoms with E-state index < -0.39 is 0 Å². The summed E-state index contributed by atoms with van der Waals surface area (Å²) in [5.74, 6) is 0.193. The van der Waals surface area contributed by atoms with E-state index in [0.29, 0.717) is 16.5 Å². The van der Waals surface area contributed by atoms with Crippen LogP contribution in [0.2, 0.25) is 5.15 Å². The molecule has 0 radical (unpaired) electrons. The number of benzene rings is 1. The number of halogens is 2. The van der Waals surface area contributed by atoms with Crippen molar-refractivity contribution in [2.75, 3.05) is 0 Å². The third-order valence-corrected chi connectivity index (χ3v) is 4.63. The Morgan fingerprint density at radius 1 is 1.20 bits per heavy atom. The van der Waals surface area contributed by atoms with Crippen LogP contribution in [0.15, 0.2) is 43.0 Å². The molecule has 0 aliphatic heterocycles. The molecule has 4 aromatic rings. The van der Waals surface area contributed by atoms with Crippen molar-refractivity contribution in [3.63, 3.8) is 0 Å². The summed E-state index contributed by atoms with van der Waals surface area (Å²) in [6.07, 6.45) is 5.15. The molecule has 1 N–H and O–H groups in total. The van der Waals surface area contributed by atoms with Crippen LogP contribution in [0.3, 0.4) is 0 Å². The van der Waals surface area contributed by atoms with Crippen LogP contribution in [0.25, 0.3) is 22.4 Å². The van der Waals surface area contributed by atoms with Crippen LogP contribution in [-0.2, 0) is 0 Å². The maximum atomic E-state index is 14.0. The molecule has 5 nitrogen and oxygen atoms in total. The number of fused-ring (bicyclic) bond motifs is 1. The second-order valence-corrected chi connectivity index (χ2v) is 6.28. The SMILES string of the molecule is Cc1cn(C(C)c2cnc(-c3ccccc3F)[nH]2)c2ncnc(Cl)c12. The molecular formula is C18H15ClFN5. The summed E-state index contributed by atoms with van der Waals surface area (Å²) < 4.78 is 16.0. The molecule has 0 fully saturated rings. The van der Waals surface area contributed by atoms with E-state index in [9.17, 15) is 4.39 Å². The van der Waals surface area contributed by atoms with E-state index in [2.05, 4.69) is 19.9 Å². The number of nitrogens with one attached hydrogen (secondary N) is 1. The van der Waals surface area contributed by atoms with E-state index in [1.165, 1.54) is 12.4 Å². The summed E-state index contributed by atoms with van der Waals surface area (Å²) in [5.41, 5.74) is 3.05. The highest BCUT2D eigenvalue weighted by Crippen LogP contribution is 2.30. The van der Waals surface area contributed by atoms with E-state index >= 15 is 0 Å². The van der Waals surface area contributed by atoms with E-state index in [1.807, 2.05) is 24.6 Å². The highest BCUT2D eigenvalue weighted by molar-refractivity contribution is 6.34. The average molecular weight is 356 g/mol. The molecule has 0 aliphatic carbocycles. The van der Waals surface area contributed by atoms with Crippen LogP contribution in [0.5, 0.6) is 0 Å². The number of nitrogens with zero attached hydrogens (tertiary/aromatic N) is 4. The first kappa shape index (κ1) is 15.8. The van der Waals surface area contributed by atoms with E-state index in [0.717, 1.165) is 22.3 Å². The van der Waals surface area contributed by atoms with Crippen LogP contribution in [0.4, 0.5) is 4.39 Å². The van der Waals surface area contributed by atoms with Gasteiger partial charge in [-0.3, -0.25) is 0 Å². The lowest BCUT2D eigenvalue weighted by Crippen LogP contribution is -2.06. The van der Waals surface area contributed by atoms with Gasteiger partial charge in [-0.15, -0.1) is 0 Å². The number of hydrogen-bond acceptors (Lipinski definition) is 3. The molecule has 0 bridgehead atoms. The first-order chi connectivity index (χ1) is 12.1. The molecule has 0 amide bonds. The quantitative estimate of drug-likeness (QED) is 0.549. The Morgan fingerprint density at radius 2 is 2.00 bits per heavy atom. The molecule has 3 heterocycles. The summed E-state index contributed by atoms with van der Waals surface area (Å²) in [6, 6.07) is 6.48. The van der Waals surface area contributed by atoms with Gasteiger partial charge in [0.05, 0.1) is 28.9 Å². The maximum Gasteiger partial charge on any atom is 0.145 e. The molecule has 1 atom stereocenters. The van der Waals surface area contributed by atoms with Gasteiger partial charge in [0.15, 0.2) is 0 Å². The molecule has 0 spiro atoms. The number of aryl methyl sites for hydroxylation is 1. The van der Waals surface area contributed by atoms with Crippen molar-refractivity contribution >= 4 is 22.6 Å². The van der Waals surface area contributed by atoms with Crippen molar-refractivity contribution < 1.29 is 4.39 Å². The predicted molar refractivity (Wildman–Crippen MR) is 95.1 cm³/mol. The number of imidazole rings is 1. The minimum absolute atomic E-state index is 0.0739. The zero-order valence-corrected chi connectivity index (χ0v) is 14.4. The Hall–Kier alpha value is -2.73. The monoisotopic (exact) mass is 355 g/mol. The van der Waals surface area contributed by atoms with Crippen LogP contribution < -0.4 is 0 Å². The van der Waals surface area contributed by atoms with Gasteiger partial charge in [0, 0.05) is 6.20 Å². The van der Waals surface area contributed by atoms with Crippen molar-refractivity contribution in [3.8, 4) is 11.4 Å². The lowest BCUT2D eigenvalue weighted by atomic mass is 10.2. The molecule has 25 heavy (non-hydrogen) atoms. The zero-order chi connectivity index (χ0) is 17.6. The Balaban J connectivity index is 1.77. The highest BCUT2D eigenvalue weighted by atomic mass is 35.5. The molecule has 4 rings (SSSR count). The van der Waals surface area contributed by atoms with Crippen molar-refractivity contribution in [2.24, 2.45) is 0 Å². The molecule has 1 aromatic carbocycles. The van der Waals surface area contributed by atoms with Gasteiger partial charge in [-0.25, -0.2) is 19.3 Å². The topological polar surface area (TPSA) is 59.4 Å². The molecule has 0 saturated heterocycles. The average Bonchev–Trinajstić information content (AvgIpc) is 3.21. The molecule has 0 saturated carbocycles. The van der Waals surface area contributed by atoms with E-state index in [4.69, 9.17) is 11.6 Å². The lowest BCUT2D eigenvalue weighted by molar-refractivity contribution is 0.628. The third-order valence-electron chi connectivity index (χ3n) is 4.34.